The van der Waals surface area contributed by atoms with Gasteiger partial charge in [0.15, 0.2) is 9.84 Å². The average molecular weight is 413 g/mol. The Bertz CT molecular complexity index is 990. The third-order valence-corrected chi connectivity index (χ3v) is 7.11. The molecule has 5 nitrogen and oxygen atoms in total. The molecule has 2 fully saturated rings. The van der Waals surface area contributed by atoms with E-state index in [-0.39, 0.29) is 17.1 Å². The summed E-state index contributed by atoms with van der Waals surface area (Å²) in [6.45, 7) is 2.61. The maximum absolute atomic E-state index is 13.4. The first-order valence-electron chi connectivity index (χ1n) is 10.2. The van der Waals surface area contributed by atoms with Gasteiger partial charge in [-0.2, -0.15) is 0 Å². The molecule has 1 heterocycles. The summed E-state index contributed by atoms with van der Waals surface area (Å²) in [7, 11) is -3.11. The number of carbonyl (C=O) groups excluding carboxylic acids is 1. The van der Waals surface area contributed by atoms with E-state index in [2.05, 4.69) is 34.5 Å². The number of likely N-dealkylation sites (tertiary alicyclic amines) is 1. The summed E-state index contributed by atoms with van der Waals surface area (Å²) in [5, 5.41) is 3.10. The van der Waals surface area contributed by atoms with Crippen LogP contribution in [0.25, 0.3) is 0 Å². The van der Waals surface area contributed by atoms with E-state index in [1.165, 1.54) is 11.8 Å². The molecule has 2 aliphatic rings. The van der Waals surface area contributed by atoms with Gasteiger partial charge in [0.05, 0.1) is 11.2 Å². The smallest absolute Gasteiger partial charge is 0.232 e. The van der Waals surface area contributed by atoms with Gasteiger partial charge in [0.25, 0.3) is 0 Å². The van der Waals surface area contributed by atoms with Crippen LogP contribution < -0.4 is 5.32 Å². The molecule has 1 saturated heterocycles. The Morgan fingerprint density at radius 3 is 2.66 bits per heavy atom. The Labute approximate surface area is 173 Å². The molecule has 1 saturated carbocycles. The van der Waals surface area contributed by atoms with Crippen LogP contribution in [-0.2, 0) is 26.9 Å². The molecule has 154 valence electrons. The molecular formula is C23H28N2O3S. The van der Waals surface area contributed by atoms with Gasteiger partial charge in [0.1, 0.15) is 0 Å². The van der Waals surface area contributed by atoms with Crippen molar-refractivity contribution < 1.29 is 13.2 Å². The summed E-state index contributed by atoms with van der Waals surface area (Å²) in [6.07, 6.45) is 4.32. The molecule has 0 radical (unpaired) electrons. The topological polar surface area (TPSA) is 66.5 Å². The van der Waals surface area contributed by atoms with E-state index in [9.17, 15) is 13.2 Å². The highest BCUT2D eigenvalue weighted by molar-refractivity contribution is 7.89. The van der Waals surface area contributed by atoms with Gasteiger partial charge >= 0.3 is 0 Å². The molecule has 2 aromatic carbocycles. The van der Waals surface area contributed by atoms with Gasteiger partial charge in [-0.25, -0.2) is 8.42 Å². The van der Waals surface area contributed by atoms with E-state index >= 15 is 0 Å². The second kappa shape index (κ2) is 7.92. The lowest BCUT2D eigenvalue weighted by atomic mass is 9.79. The molecule has 2 atom stereocenters. The van der Waals surface area contributed by atoms with Crippen molar-refractivity contribution in [2.45, 2.75) is 31.6 Å². The Kier molecular flexibility index (Phi) is 5.49. The molecule has 1 aliphatic heterocycles. The lowest BCUT2D eigenvalue weighted by Gasteiger charge is -2.28. The summed E-state index contributed by atoms with van der Waals surface area (Å²) in [5.41, 5.74) is 2.30. The third-order valence-electron chi connectivity index (χ3n) is 6.26. The number of fused-ring (bicyclic) bond motifs is 1. The van der Waals surface area contributed by atoms with E-state index in [1.807, 2.05) is 12.1 Å². The molecular weight excluding hydrogens is 384 g/mol. The van der Waals surface area contributed by atoms with Crippen molar-refractivity contribution in [3.63, 3.8) is 0 Å². The van der Waals surface area contributed by atoms with Crippen LogP contribution in [0.15, 0.2) is 54.6 Å². The molecule has 1 aliphatic carbocycles. The second-order valence-electron chi connectivity index (χ2n) is 8.63. The summed E-state index contributed by atoms with van der Waals surface area (Å²) in [5.74, 6) is 0.437. The minimum Gasteiger partial charge on any atom is -0.326 e. The molecule has 4 rings (SSSR count). The van der Waals surface area contributed by atoms with Crippen molar-refractivity contribution in [2.24, 2.45) is 11.3 Å². The molecule has 0 spiro atoms. The first kappa shape index (κ1) is 20.1. The maximum Gasteiger partial charge on any atom is 0.232 e. The Morgan fingerprint density at radius 1 is 1.14 bits per heavy atom. The van der Waals surface area contributed by atoms with Gasteiger partial charge in [-0.05, 0) is 42.0 Å². The molecule has 1 amide bonds. The summed E-state index contributed by atoms with van der Waals surface area (Å²) >= 11 is 0. The summed E-state index contributed by atoms with van der Waals surface area (Å²) < 4.78 is 23.2. The predicted octanol–water partition coefficient (Wildman–Crippen LogP) is 3.47. The highest BCUT2D eigenvalue weighted by atomic mass is 32.2. The predicted molar refractivity (Wildman–Crippen MR) is 115 cm³/mol. The number of benzene rings is 2. The molecule has 0 unspecified atom stereocenters. The maximum atomic E-state index is 13.4. The third kappa shape index (κ3) is 4.54. The molecule has 29 heavy (non-hydrogen) atoms. The van der Waals surface area contributed by atoms with Crippen LogP contribution in [0.1, 0.15) is 30.4 Å². The standard InChI is InChI=1S/C23H28N2O3S/c1-29(27,28)16-19-9-5-11-21(13-19)24-22(26)23-12-6-10-20(23)15-25(17-23)14-18-7-3-2-4-8-18/h2-5,7-9,11,13,20H,6,10,12,14-17H2,1H3,(H,24,26)/t20-,23-/m1/s1. The number of rotatable bonds is 6. The van der Waals surface area contributed by atoms with Crippen LogP contribution in [0.5, 0.6) is 0 Å². The van der Waals surface area contributed by atoms with Gasteiger partial charge in [-0.3, -0.25) is 9.69 Å². The number of carbonyl (C=O) groups is 1. The Hall–Kier alpha value is -2.18. The van der Waals surface area contributed by atoms with E-state index in [1.54, 1.807) is 18.2 Å². The van der Waals surface area contributed by atoms with E-state index in [4.69, 9.17) is 0 Å². The van der Waals surface area contributed by atoms with Gasteiger partial charge in [-0.1, -0.05) is 48.9 Å². The van der Waals surface area contributed by atoms with Crippen LogP contribution in [0.2, 0.25) is 0 Å². The summed E-state index contributed by atoms with van der Waals surface area (Å²) in [4.78, 5) is 15.8. The zero-order valence-corrected chi connectivity index (χ0v) is 17.6. The summed E-state index contributed by atoms with van der Waals surface area (Å²) in [6, 6.07) is 17.6. The largest absolute Gasteiger partial charge is 0.326 e. The van der Waals surface area contributed by atoms with Crippen molar-refractivity contribution in [1.82, 2.24) is 4.90 Å². The number of amides is 1. The van der Waals surface area contributed by atoms with Gasteiger partial charge in [-0.15, -0.1) is 0 Å². The van der Waals surface area contributed by atoms with E-state index in [0.717, 1.165) is 38.9 Å². The molecule has 0 bridgehead atoms. The zero-order valence-electron chi connectivity index (χ0n) is 16.8. The molecule has 1 N–H and O–H groups in total. The van der Waals surface area contributed by atoms with Crippen molar-refractivity contribution in [3.8, 4) is 0 Å². The second-order valence-corrected chi connectivity index (χ2v) is 10.8. The van der Waals surface area contributed by atoms with Crippen molar-refractivity contribution >= 4 is 21.4 Å². The van der Waals surface area contributed by atoms with Crippen LogP contribution in [0.3, 0.4) is 0 Å². The number of nitrogens with zero attached hydrogens (tertiary/aromatic N) is 1. The minimum atomic E-state index is -3.11. The van der Waals surface area contributed by atoms with Gasteiger partial charge < -0.3 is 5.32 Å². The fourth-order valence-electron chi connectivity index (χ4n) is 5.02. The van der Waals surface area contributed by atoms with Crippen LogP contribution in [0.4, 0.5) is 5.69 Å². The lowest BCUT2D eigenvalue weighted by Crippen LogP contribution is -2.40. The number of anilines is 1. The molecule has 0 aromatic heterocycles. The lowest BCUT2D eigenvalue weighted by molar-refractivity contribution is -0.126. The van der Waals surface area contributed by atoms with Crippen molar-refractivity contribution in [2.75, 3.05) is 24.7 Å². The van der Waals surface area contributed by atoms with Crippen LogP contribution in [0, 0.1) is 11.3 Å². The van der Waals surface area contributed by atoms with Crippen molar-refractivity contribution in [3.05, 3.63) is 65.7 Å². The fourth-order valence-corrected chi connectivity index (χ4v) is 5.81. The highest BCUT2D eigenvalue weighted by Crippen LogP contribution is 2.49. The van der Waals surface area contributed by atoms with Crippen LogP contribution >= 0.6 is 0 Å². The first-order chi connectivity index (χ1) is 13.8. The number of hydrogen-bond donors (Lipinski definition) is 1. The normalized spacial score (nSPS) is 24.4. The molecule has 2 aromatic rings. The molecule has 6 heteroatoms. The number of hydrogen-bond acceptors (Lipinski definition) is 4. The van der Waals surface area contributed by atoms with E-state index < -0.39 is 9.84 Å². The van der Waals surface area contributed by atoms with Gasteiger partial charge in [0.2, 0.25) is 5.91 Å². The zero-order chi connectivity index (χ0) is 20.5. The van der Waals surface area contributed by atoms with Gasteiger partial charge in [0, 0.05) is 31.6 Å². The number of nitrogens with one attached hydrogen (secondary N) is 1. The minimum absolute atomic E-state index is 0.0185. The SMILES string of the molecule is CS(=O)(=O)Cc1cccc(NC(=O)[C@@]23CCC[C@@H]2CN(Cc2ccccc2)C3)c1. The van der Waals surface area contributed by atoms with Crippen LogP contribution in [-0.4, -0.2) is 38.6 Å². The Morgan fingerprint density at radius 2 is 1.90 bits per heavy atom. The van der Waals surface area contributed by atoms with E-state index in [0.29, 0.717) is 17.2 Å². The monoisotopic (exact) mass is 412 g/mol. The first-order valence-corrected chi connectivity index (χ1v) is 12.2. The quantitative estimate of drug-likeness (QED) is 0.789. The highest BCUT2D eigenvalue weighted by Gasteiger charge is 2.54. The van der Waals surface area contributed by atoms with Crippen molar-refractivity contribution in [1.29, 1.82) is 0 Å². The number of sulfone groups is 1. The Balaban J connectivity index is 1.48. The average Bonchev–Trinajstić information content (AvgIpc) is 3.19. The fraction of sp³-hybridized carbons (Fsp3) is 0.435.